The molecule has 0 radical (unpaired) electrons. The maximum Gasteiger partial charge on any atom is 0.334 e. The van der Waals surface area contributed by atoms with Crippen LogP contribution in [0.2, 0.25) is 0 Å². The van der Waals surface area contributed by atoms with Crippen molar-refractivity contribution in [3.8, 4) is 0 Å². The zero-order valence-electron chi connectivity index (χ0n) is 15.7. The summed E-state index contributed by atoms with van der Waals surface area (Å²) in [6.45, 7) is 2.08. The molecule has 0 fully saturated rings. The van der Waals surface area contributed by atoms with Crippen LogP contribution in [0.3, 0.4) is 0 Å². The van der Waals surface area contributed by atoms with Crippen molar-refractivity contribution in [2.45, 2.75) is 19.3 Å². The van der Waals surface area contributed by atoms with Crippen LogP contribution in [0.4, 0.5) is 0 Å². The zero-order chi connectivity index (χ0) is 19.5. The molecule has 0 aliphatic heterocycles. The van der Waals surface area contributed by atoms with Crippen LogP contribution in [0.15, 0.2) is 78.4 Å². The summed E-state index contributed by atoms with van der Waals surface area (Å²) in [6, 6.07) is 21.0. The predicted octanol–water partition coefficient (Wildman–Crippen LogP) is 4.71. The zero-order valence-corrected chi connectivity index (χ0v) is 15.7. The number of fused-ring (bicyclic) bond motifs is 1. The summed E-state index contributed by atoms with van der Waals surface area (Å²) in [5, 5.41) is 1.02. The molecule has 4 rings (SSSR count). The van der Waals surface area contributed by atoms with Crippen molar-refractivity contribution in [2.24, 2.45) is 5.92 Å². The van der Waals surface area contributed by atoms with E-state index in [4.69, 9.17) is 9.72 Å². The standard InChI is InChI=1S/C24H21NO3/c1-2-28-24(27)19-14-13-18(23(26)17-9-4-3-5-10-17)22(19)21-15-12-16-8-6-7-11-20(16)25-21/h3-12,14-15,18,22H,2,13H2,1H3. The van der Waals surface area contributed by atoms with Crippen LogP contribution in [0.1, 0.15) is 35.3 Å². The second-order valence-electron chi connectivity index (χ2n) is 6.86. The summed E-state index contributed by atoms with van der Waals surface area (Å²) in [5.41, 5.74) is 2.75. The van der Waals surface area contributed by atoms with E-state index in [1.54, 1.807) is 6.92 Å². The number of hydrogen-bond acceptors (Lipinski definition) is 4. The van der Waals surface area contributed by atoms with Gasteiger partial charge in [-0.2, -0.15) is 0 Å². The van der Waals surface area contributed by atoms with E-state index in [2.05, 4.69) is 0 Å². The van der Waals surface area contributed by atoms with Crippen molar-refractivity contribution < 1.29 is 14.3 Å². The Hall–Kier alpha value is -3.27. The van der Waals surface area contributed by atoms with Gasteiger partial charge in [0.1, 0.15) is 0 Å². The van der Waals surface area contributed by atoms with Crippen LogP contribution in [-0.4, -0.2) is 23.3 Å². The minimum Gasteiger partial charge on any atom is -0.463 e. The number of carbonyl (C=O) groups is 2. The number of carbonyl (C=O) groups excluding carboxylic acids is 2. The van der Waals surface area contributed by atoms with Crippen LogP contribution in [0, 0.1) is 5.92 Å². The van der Waals surface area contributed by atoms with Gasteiger partial charge in [-0.05, 0) is 25.5 Å². The van der Waals surface area contributed by atoms with E-state index in [0.29, 0.717) is 24.2 Å². The van der Waals surface area contributed by atoms with Crippen LogP contribution < -0.4 is 0 Å². The Morgan fingerprint density at radius 2 is 1.75 bits per heavy atom. The Balaban J connectivity index is 1.76. The smallest absolute Gasteiger partial charge is 0.334 e. The minimum absolute atomic E-state index is 0.0242. The summed E-state index contributed by atoms with van der Waals surface area (Å²) < 4.78 is 5.25. The lowest BCUT2D eigenvalue weighted by Gasteiger charge is -2.21. The normalized spacial score (nSPS) is 18.7. The molecule has 3 aromatic rings. The number of para-hydroxylation sites is 1. The van der Waals surface area contributed by atoms with Gasteiger partial charge in [-0.1, -0.05) is 60.7 Å². The average Bonchev–Trinajstić information content (AvgIpc) is 3.19. The second-order valence-corrected chi connectivity index (χ2v) is 6.86. The first-order valence-corrected chi connectivity index (χ1v) is 9.51. The quantitative estimate of drug-likeness (QED) is 0.481. The molecule has 0 bridgehead atoms. The number of ether oxygens (including phenoxy) is 1. The van der Waals surface area contributed by atoms with E-state index >= 15 is 0 Å². The maximum absolute atomic E-state index is 13.2. The number of nitrogens with zero attached hydrogens (tertiary/aromatic N) is 1. The minimum atomic E-state index is -0.406. The van der Waals surface area contributed by atoms with E-state index in [0.717, 1.165) is 16.6 Å². The Bertz CT molecular complexity index is 1060. The van der Waals surface area contributed by atoms with Crippen molar-refractivity contribution in [2.75, 3.05) is 6.61 Å². The molecule has 1 heterocycles. The molecule has 2 unspecified atom stereocenters. The molecule has 0 amide bonds. The third kappa shape index (κ3) is 3.33. The van der Waals surface area contributed by atoms with E-state index in [1.807, 2.05) is 72.8 Å². The first-order valence-electron chi connectivity index (χ1n) is 9.51. The van der Waals surface area contributed by atoms with E-state index < -0.39 is 5.92 Å². The maximum atomic E-state index is 13.2. The van der Waals surface area contributed by atoms with Crippen molar-refractivity contribution in [1.82, 2.24) is 4.98 Å². The van der Waals surface area contributed by atoms with Crippen molar-refractivity contribution in [1.29, 1.82) is 0 Å². The molecule has 1 aromatic heterocycles. The summed E-state index contributed by atoms with van der Waals surface area (Å²) in [5.74, 6) is -1.12. The second kappa shape index (κ2) is 7.77. The Kier molecular flexibility index (Phi) is 5.02. The summed E-state index contributed by atoms with van der Waals surface area (Å²) in [6.07, 6.45) is 2.34. The predicted molar refractivity (Wildman–Crippen MR) is 108 cm³/mol. The van der Waals surface area contributed by atoms with Gasteiger partial charge in [-0.3, -0.25) is 9.78 Å². The van der Waals surface area contributed by atoms with Gasteiger partial charge < -0.3 is 4.74 Å². The van der Waals surface area contributed by atoms with Crippen LogP contribution in [-0.2, 0) is 9.53 Å². The number of Topliss-reactive ketones (excluding diaryl/α,β-unsaturated/α-hetero) is 1. The number of allylic oxidation sites excluding steroid dienone is 1. The monoisotopic (exact) mass is 371 g/mol. The lowest BCUT2D eigenvalue weighted by Crippen LogP contribution is -2.24. The number of rotatable bonds is 5. The third-order valence-corrected chi connectivity index (χ3v) is 5.17. The van der Waals surface area contributed by atoms with Gasteiger partial charge in [0.2, 0.25) is 0 Å². The van der Waals surface area contributed by atoms with Gasteiger partial charge in [-0.25, -0.2) is 4.79 Å². The number of hydrogen-bond donors (Lipinski definition) is 0. The average molecular weight is 371 g/mol. The van der Waals surface area contributed by atoms with E-state index in [1.165, 1.54) is 0 Å². The molecular formula is C24H21NO3. The Labute approximate surface area is 163 Å². The SMILES string of the molecule is CCOC(=O)C1=CCC(C(=O)c2ccccc2)C1c1ccc2ccccc2n1. The summed E-state index contributed by atoms with van der Waals surface area (Å²) in [7, 11) is 0. The van der Waals surface area contributed by atoms with Gasteiger partial charge in [0.15, 0.2) is 5.78 Å². The topological polar surface area (TPSA) is 56.3 Å². The molecule has 0 saturated heterocycles. The molecule has 0 saturated carbocycles. The Morgan fingerprint density at radius 3 is 2.54 bits per heavy atom. The van der Waals surface area contributed by atoms with E-state index in [-0.39, 0.29) is 17.7 Å². The molecule has 2 aromatic carbocycles. The van der Waals surface area contributed by atoms with Crippen LogP contribution >= 0.6 is 0 Å². The van der Waals surface area contributed by atoms with Crippen LogP contribution in [0.5, 0.6) is 0 Å². The lowest BCUT2D eigenvalue weighted by molar-refractivity contribution is -0.138. The first-order chi connectivity index (χ1) is 13.7. The van der Waals surface area contributed by atoms with Crippen molar-refractivity contribution in [3.63, 3.8) is 0 Å². The highest BCUT2D eigenvalue weighted by Gasteiger charge is 2.40. The summed E-state index contributed by atoms with van der Waals surface area (Å²) in [4.78, 5) is 30.6. The molecule has 0 spiro atoms. The molecule has 1 aliphatic carbocycles. The number of ketones is 1. The van der Waals surface area contributed by atoms with Gasteiger partial charge >= 0.3 is 5.97 Å². The highest BCUT2D eigenvalue weighted by atomic mass is 16.5. The van der Waals surface area contributed by atoms with Crippen LogP contribution in [0.25, 0.3) is 10.9 Å². The highest BCUT2D eigenvalue weighted by molar-refractivity contribution is 6.02. The number of esters is 1. The molecule has 140 valence electrons. The fourth-order valence-corrected chi connectivity index (χ4v) is 3.85. The molecule has 0 N–H and O–H groups in total. The van der Waals surface area contributed by atoms with Gasteiger partial charge in [-0.15, -0.1) is 0 Å². The molecular weight excluding hydrogens is 350 g/mol. The van der Waals surface area contributed by atoms with Gasteiger partial charge in [0.05, 0.1) is 12.1 Å². The van der Waals surface area contributed by atoms with Crippen molar-refractivity contribution in [3.05, 3.63) is 89.6 Å². The molecule has 2 atom stereocenters. The van der Waals surface area contributed by atoms with E-state index in [9.17, 15) is 9.59 Å². The number of aromatic nitrogens is 1. The fourth-order valence-electron chi connectivity index (χ4n) is 3.85. The van der Waals surface area contributed by atoms with Gasteiger partial charge in [0.25, 0.3) is 0 Å². The summed E-state index contributed by atoms with van der Waals surface area (Å²) >= 11 is 0. The highest BCUT2D eigenvalue weighted by Crippen LogP contribution is 2.42. The molecule has 4 nitrogen and oxygen atoms in total. The third-order valence-electron chi connectivity index (χ3n) is 5.17. The largest absolute Gasteiger partial charge is 0.463 e. The van der Waals surface area contributed by atoms with Gasteiger partial charge in [0, 0.05) is 34.1 Å². The first kappa shape index (κ1) is 18.1. The molecule has 28 heavy (non-hydrogen) atoms. The molecule has 4 heteroatoms. The van der Waals surface area contributed by atoms with Crippen molar-refractivity contribution >= 4 is 22.7 Å². The Morgan fingerprint density at radius 1 is 1.00 bits per heavy atom. The number of benzene rings is 2. The number of pyridine rings is 1. The fraction of sp³-hybridized carbons (Fsp3) is 0.208. The molecule has 1 aliphatic rings. The lowest BCUT2D eigenvalue weighted by atomic mass is 9.82.